The van der Waals surface area contributed by atoms with Crippen LogP contribution in [-0.4, -0.2) is 44.3 Å². The minimum absolute atomic E-state index is 0.104. The van der Waals surface area contributed by atoms with Gasteiger partial charge >= 0.3 is 0 Å². The van der Waals surface area contributed by atoms with Gasteiger partial charge in [0.2, 0.25) is 11.9 Å². The number of aromatic nitrogens is 4. The lowest BCUT2D eigenvalue weighted by Crippen LogP contribution is -2.33. The van der Waals surface area contributed by atoms with Crippen LogP contribution < -0.4 is 11.1 Å². The lowest BCUT2D eigenvalue weighted by Gasteiger charge is -2.31. The molecule has 0 aliphatic heterocycles. The van der Waals surface area contributed by atoms with Gasteiger partial charge in [0.05, 0.1) is 11.7 Å². The molecule has 3 aromatic heterocycles. The van der Waals surface area contributed by atoms with Crippen LogP contribution in [0, 0.1) is 12.8 Å². The summed E-state index contributed by atoms with van der Waals surface area (Å²) in [7, 11) is 2.07. The van der Waals surface area contributed by atoms with Crippen molar-refractivity contribution < 1.29 is 8.78 Å². The second-order valence-corrected chi connectivity index (χ2v) is 10.1. The fraction of sp³-hybridized carbons (Fsp3) is 0.556. The Morgan fingerprint density at radius 3 is 2.33 bits per heavy atom. The van der Waals surface area contributed by atoms with Gasteiger partial charge in [0.15, 0.2) is 5.82 Å². The predicted octanol–water partition coefficient (Wildman–Crippen LogP) is 6.38. The van der Waals surface area contributed by atoms with Crippen molar-refractivity contribution in [2.24, 2.45) is 10.9 Å². The van der Waals surface area contributed by atoms with Gasteiger partial charge in [-0.3, -0.25) is 0 Å². The summed E-state index contributed by atoms with van der Waals surface area (Å²) in [6.45, 7) is 7.76. The second-order valence-electron chi connectivity index (χ2n) is 10.1. The van der Waals surface area contributed by atoms with Gasteiger partial charge in [-0.05, 0) is 64.3 Å². The van der Waals surface area contributed by atoms with Gasteiger partial charge in [0, 0.05) is 48.1 Å². The summed E-state index contributed by atoms with van der Waals surface area (Å²) in [4.78, 5) is 12.9. The molecule has 2 fully saturated rings. The van der Waals surface area contributed by atoms with Crippen LogP contribution in [0.2, 0.25) is 0 Å². The molecule has 9 heteroatoms. The fourth-order valence-electron chi connectivity index (χ4n) is 4.55. The summed E-state index contributed by atoms with van der Waals surface area (Å²) in [5.41, 5.74) is 10.5. The van der Waals surface area contributed by atoms with Crippen molar-refractivity contribution in [1.82, 2.24) is 24.9 Å². The molecule has 0 amide bonds. The number of nitrogens with one attached hydrogen (secondary N) is 1. The third-order valence-electron chi connectivity index (χ3n) is 6.43. The van der Waals surface area contributed by atoms with Crippen molar-refractivity contribution in [2.45, 2.75) is 84.6 Å². The molecule has 36 heavy (non-hydrogen) atoms. The number of pyridine rings is 1. The number of fused-ring (bicyclic) bond motifs is 1. The standard InChI is InChI=1S/C15H16N6.C7H15N.C5H8F2/c1-9(2)19-14-10(3)6-11(7-17-14)12-4-5-21-13(12)8-18-15(16)20-21;1-8-7-5-3-2-4-6-7;1-4-2-5(6,7)3-4/h4-8H,1-3H3,(H2,16,20);7-8H,2-6H2,1H3;4H,2-3H2,1H3. The number of nitrogens with two attached hydrogens (primary N) is 1. The van der Waals surface area contributed by atoms with Gasteiger partial charge in [-0.2, -0.15) is 0 Å². The van der Waals surface area contributed by atoms with Crippen LogP contribution in [0.5, 0.6) is 0 Å². The van der Waals surface area contributed by atoms with Crippen molar-refractivity contribution in [3.8, 4) is 11.1 Å². The normalized spacial score (nSPS) is 17.3. The summed E-state index contributed by atoms with van der Waals surface area (Å²) in [5, 5.41) is 7.45. The summed E-state index contributed by atoms with van der Waals surface area (Å²) in [6.07, 6.45) is 12.7. The maximum Gasteiger partial charge on any atom is 0.248 e. The van der Waals surface area contributed by atoms with E-state index in [1.807, 2.05) is 46.2 Å². The van der Waals surface area contributed by atoms with E-state index in [0.29, 0.717) is 0 Å². The van der Waals surface area contributed by atoms with E-state index in [-0.39, 0.29) is 24.7 Å². The van der Waals surface area contributed by atoms with Crippen LogP contribution in [-0.2, 0) is 0 Å². The number of alkyl halides is 2. The quantitative estimate of drug-likeness (QED) is 0.408. The van der Waals surface area contributed by atoms with Crippen molar-refractivity contribution in [3.05, 3.63) is 36.3 Å². The summed E-state index contributed by atoms with van der Waals surface area (Å²) >= 11 is 0. The lowest BCUT2D eigenvalue weighted by atomic mass is 9.83. The van der Waals surface area contributed by atoms with Crippen molar-refractivity contribution in [2.75, 3.05) is 12.8 Å². The Morgan fingerprint density at radius 1 is 1.14 bits per heavy atom. The molecule has 7 nitrogen and oxygen atoms in total. The van der Waals surface area contributed by atoms with E-state index in [1.54, 1.807) is 10.7 Å². The Labute approximate surface area is 212 Å². The number of nitrogens with zero attached hydrogens (tertiary/aromatic N) is 5. The molecule has 0 aromatic carbocycles. The van der Waals surface area contributed by atoms with Gasteiger partial charge in [-0.15, -0.1) is 5.10 Å². The van der Waals surface area contributed by atoms with Crippen LogP contribution in [0.3, 0.4) is 0 Å². The van der Waals surface area contributed by atoms with Crippen LogP contribution in [0.1, 0.15) is 71.3 Å². The van der Waals surface area contributed by atoms with E-state index in [1.165, 1.54) is 32.1 Å². The molecular weight excluding hydrogens is 460 g/mol. The van der Waals surface area contributed by atoms with E-state index < -0.39 is 5.92 Å². The average Bonchev–Trinajstić information content (AvgIpc) is 3.23. The summed E-state index contributed by atoms with van der Waals surface area (Å²) < 4.78 is 25.3. The van der Waals surface area contributed by atoms with Crippen molar-refractivity contribution in [1.29, 1.82) is 0 Å². The van der Waals surface area contributed by atoms with Crippen LogP contribution in [0.25, 0.3) is 16.6 Å². The highest BCUT2D eigenvalue weighted by Crippen LogP contribution is 2.41. The van der Waals surface area contributed by atoms with E-state index in [9.17, 15) is 8.78 Å². The maximum atomic E-state index is 11.8. The van der Waals surface area contributed by atoms with Gasteiger partial charge in [0.25, 0.3) is 0 Å². The third kappa shape index (κ3) is 7.78. The van der Waals surface area contributed by atoms with Gasteiger partial charge in [0.1, 0.15) is 0 Å². The first kappa shape index (κ1) is 27.6. The van der Waals surface area contributed by atoms with E-state index in [0.717, 1.165) is 39.8 Å². The molecule has 0 bridgehead atoms. The van der Waals surface area contributed by atoms with Gasteiger partial charge in [-0.1, -0.05) is 26.2 Å². The molecule has 0 saturated heterocycles. The molecular formula is C27H39F2N7. The SMILES string of the molecule is CC(C)=Nc1ncc(-c2ccn3nc(N)ncc23)cc1C.CC1CC(F)(F)C1.CNC1CCCCC1. The molecule has 0 spiro atoms. The van der Waals surface area contributed by atoms with Gasteiger partial charge in [-0.25, -0.2) is 28.3 Å². The highest BCUT2D eigenvalue weighted by Gasteiger charge is 2.42. The highest BCUT2D eigenvalue weighted by atomic mass is 19.3. The number of hydrogen-bond donors (Lipinski definition) is 2. The molecule has 2 aliphatic rings. The zero-order chi connectivity index (χ0) is 26.3. The Hall–Kier alpha value is -2.94. The minimum atomic E-state index is -2.31. The lowest BCUT2D eigenvalue weighted by molar-refractivity contribution is -0.104. The largest absolute Gasteiger partial charge is 0.367 e. The number of rotatable bonds is 3. The highest BCUT2D eigenvalue weighted by molar-refractivity contribution is 5.83. The van der Waals surface area contributed by atoms with Gasteiger partial charge < -0.3 is 11.1 Å². The molecule has 3 heterocycles. The molecule has 2 saturated carbocycles. The summed E-state index contributed by atoms with van der Waals surface area (Å²) in [6, 6.07) is 4.89. The fourth-order valence-corrected chi connectivity index (χ4v) is 4.55. The van der Waals surface area contributed by atoms with Crippen molar-refractivity contribution in [3.63, 3.8) is 0 Å². The van der Waals surface area contributed by atoms with Crippen LogP contribution >= 0.6 is 0 Å². The topological polar surface area (TPSA) is 93.5 Å². The number of nitrogen functional groups attached to an aromatic ring is 1. The first-order valence-corrected chi connectivity index (χ1v) is 12.7. The first-order valence-electron chi connectivity index (χ1n) is 12.7. The molecule has 0 radical (unpaired) electrons. The number of anilines is 1. The summed E-state index contributed by atoms with van der Waals surface area (Å²) in [5.74, 6) is -1.04. The maximum absolute atomic E-state index is 11.8. The third-order valence-corrected chi connectivity index (χ3v) is 6.43. The molecule has 196 valence electrons. The first-order chi connectivity index (χ1) is 17.1. The molecule has 2 aliphatic carbocycles. The Morgan fingerprint density at radius 2 is 1.83 bits per heavy atom. The number of hydrogen-bond acceptors (Lipinski definition) is 6. The zero-order valence-electron chi connectivity index (χ0n) is 22.1. The number of aliphatic imine (C=N–C) groups is 1. The molecule has 3 aromatic rings. The molecule has 3 N–H and O–H groups in total. The molecule has 5 rings (SSSR count). The zero-order valence-corrected chi connectivity index (χ0v) is 22.1. The van der Waals surface area contributed by atoms with Crippen LogP contribution in [0.4, 0.5) is 20.5 Å². The minimum Gasteiger partial charge on any atom is -0.367 e. The Balaban J connectivity index is 0.000000196. The molecule has 0 unspecified atom stereocenters. The second kappa shape index (κ2) is 12.3. The van der Waals surface area contributed by atoms with E-state index in [4.69, 9.17) is 5.73 Å². The Kier molecular flexibility index (Phi) is 9.48. The Bertz CT molecular complexity index is 1150. The van der Waals surface area contributed by atoms with E-state index in [2.05, 4.69) is 38.5 Å². The number of halogens is 2. The monoisotopic (exact) mass is 499 g/mol. The smallest absolute Gasteiger partial charge is 0.248 e. The van der Waals surface area contributed by atoms with Crippen molar-refractivity contribution >= 4 is 23.0 Å². The van der Waals surface area contributed by atoms with Crippen LogP contribution in [0.15, 0.2) is 35.7 Å². The molecule has 0 atom stereocenters. The predicted molar refractivity (Wildman–Crippen MR) is 143 cm³/mol. The average molecular weight is 500 g/mol. The van der Waals surface area contributed by atoms with E-state index >= 15 is 0 Å². The number of aryl methyl sites for hydroxylation is 1.